The summed E-state index contributed by atoms with van der Waals surface area (Å²) in [5.74, 6) is 0. The van der Waals surface area contributed by atoms with Gasteiger partial charge in [-0.2, -0.15) is 0 Å². The van der Waals surface area contributed by atoms with Gasteiger partial charge in [-0.25, -0.2) is 0 Å². The Hall–Kier alpha value is 0.383. The molecule has 1 radical (unpaired) electrons. The van der Waals surface area contributed by atoms with Gasteiger partial charge in [-0.1, -0.05) is 0 Å². The molecular weight excluding hydrogens is 189 g/mol. The second kappa shape index (κ2) is 1260. The Morgan fingerprint density at radius 3 is 0.429 bits per heavy atom. The van der Waals surface area contributed by atoms with Crippen LogP contribution in [0.25, 0.3) is 24.6 Å². The largest absolute Gasteiger partial charge is 3.00 e. The minimum atomic E-state index is 0. The number of hydrogen-bond donors (Lipinski definition) is 0. The van der Waals surface area contributed by atoms with Crippen LogP contribution in [0.3, 0.4) is 0 Å². The maximum Gasteiger partial charge on any atom is 3.00 e. The van der Waals surface area contributed by atoms with E-state index in [0.717, 1.165) is 0 Å². The quantitative estimate of drug-likeness (QED) is 0.540. The SMILES string of the molecule is [NH2-].[NH2-].[NH2-].[NH2-].[OH-].[OH-].[Ru+3]. The van der Waals surface area contributed by atoms with Crippen LogP contribution in [-0.2, 0) is 19.5 Å². The van der Waals surface area contributed by atoms with Crippen molar-refractivity contribution < 1.29 is 30.4 Å². The van der Waals surface area contributed by atoms with E-state index in [1.54, 1.807) is 0 Å². The summed E-state index contributed by atoms with van der Waals surface area (Å²) in [6.45, 7) is 0. The molecule has 10 N–H and O–H groups in total. The van der Waals surface area contributed by atoms with Crippen molar-refractivity contribution in [2.24, 2.45) is 0 Å². The van der Waals surface area contributed by atoms with E-state index in [4.69, 9.17) is 0 Å². The van der Waals surface area contributed by atoms with E-state index in [1.165, 1.54) is 0 Å². The Morgan fingerprint density at radius 2 is 0.429 bits per heavy atom. The Bertz CT molecular complexity index is 9.65. The van der Waals surface area contributed by atoms with E-state index < -0.39 is 0 Å². The Kier molecular flexibility index (Phi) is 368000. The summed E-state index contributed by atoms with van der Waals surface area (Å²) >= 11 is 0. The van der Waals surface area contributed by atoms with E-state index >= 15 is 0 Å². The Balaban J connectivity index is 0. The van der Waals surface area contributed by atoms with Gasteiger partial charge in [0.1, 0.15) is 0 Å². The van der Waals surface area contributed by atoms with E-state index in [2.05, 4.69) is 0 Å². The van der Waals surface area contributed by atoms with Gasteiger partial charge >= 0.3 is 19.5 Å². The van der Waals surface area contributed by atoms with Crippen LogP contribution in [-0.4, -0.2) is 11.0 Å². The standard InChI is InChI=1S/4H2N.2H2O.Ru/h6*1H2;/q4*-1;;;+3/p-2. The van der Waals surface area contributed by atoms with Crippen LogP contribution < -0.4 is 0 Å². The van der Waals surface area contributed by atoms with Crippen LogP contribution in [0.4, 0.5) is 0 Å². The van der Waals surface area contributed by atoms with Crippen molar-refractivity contribution in [2.45, 2.75) is 0 Å². The number of hydrogen-bond acceptors (Lipinski definition) is 2. The predicted molar refractivity (Wildman–Crippen MR) is 25.0 cm³/mol. The maximum absolute atomic E-state index is 0. The normalized spacial score (nSPS) is 0. The third kappa shape index (κ3) is 834. The Labute approximate surface area is 55.8 Å². The molecule has 6 nitrogen and oxygen atoms in total. The molecule has 0 aromatic carbocycles. The van der Waals surface area contributed by atoms with Gasteiger partial charge in [0.05, 0.1) is 0 Å². The molecule has 0 saturated carbocycles. The van der Waals surface area contributed by atoms with Gasteiger partial charge < -0.3 is 35.6 Å². The first kappa shape index (κ1) is 2050. The summed E-state index contributed by atoms with van der Waals surface area (Å²) in [4.78, 5) is 0. The maximum atomic E-state index is 0. The van der Waals surface area contributed by atoms with Crippen molar-refractivity contribution in [3.63, 3.8) is 0 Å². The van der Waals surface area contributed by atoms with Crippen LogP contribution in [0.5, 0.6) is 0 Å². The molecule has 0 atom stereocenters. The predicted octanol–water partition coefficient (Wildman–Crippen LogP) is 2.51. The molecule has 0 aromatic rings. The van der Waals surface area contributed by atoms with Crippen molar-refractivity contribution in [3.05, 3.63) is 24.6 Å². The molecule has 0 aromatic heterocycles. The molecular formula is H10N4O2Ru-3. The second-order valence-electron chi connectivity index (χ2n) is 0. The van der Waals surface area contributed by atoms with Crippen LogP contribution in [0, 0.1) is 0 Å². The first-order chi connectivity index (χ1) is 0. The topological polar surface area (TPSA) is 194 Å². The van der Waals surface area contributed by atoms with E-state index in [-0.39, 0.29) is 55.0 Å². The van der Waals surface area contributed by atoms with Crippen LogP contribution >= 0.6 is 0 Å². The molecule has 0 amide bonds. The molecule has 0 fully saturated rings. The van der Waals surface area contributed by atoms with Gasteiger partial charge in [-0.15, -0.1) is 0 Å². The van der Waals surface area contributed by atoms with E-state index in [9.17, 15) is 0 Å². The van der Waals surface area contributed by atoms with Gasteiger partial charge in [0, 0.05) is 0 Å². The zero-order valence-electron chi connectivity index (χ0n) is 3.56. The van der Waals surface area contributed by atoms with Gasteiger partial charge in [0.15, 0.2) is 0 Å². The molecule has 0 unspecified atom stereocenters. The van der Waals surface area contributed by atoms with E-state index in [1.807, 2.05) is 0 Å². The van der Waals surface area contributed by atoms with Gasteiger partial charge in [0.25, 0.3) is 0 Å². The van der Waals surface area contributed by atoms with Crippen molar-refractivity contribution in [2.75, 3.05) is 0 Å². The number of nitrogens with two attached hydrogens (primary N) is 4. The van der Waals surface area contributed by atoms with Crippen LogP contribution in [0.2, 0.25) is 0 Å². The fourth-order valence-electron chi connectivity index (χ4n) is 0. The summed E-state index contributed by atoms with van der Waals surface area (Å²) in [6, 6.07) is 0. The summed E-state index contributed by atoms with van der Waals surface area (Å²) in [7, 11) is 0. The average Bonchev–Trinajstić information content (AvgIpc) is 0. The summed E-state index contributed by atoms with van der Waals surface area (Å²) in [5, 5.41) is 0. The van der Waals surface area contributed by atoms with Crippen molar-refractivity contribution >= 4 is 0 Å². The summed E-state index contributed by atoms with van der Waals surface area (Å²) < 4.78 is 0. The van der Waals surface area contributed by atoms with Crippen LogP contribution in [0.1, 0.15) is 0 Å². The molecule has 0 aliphatic carbocycles. The minimum absolute atomic E-state index is 0. The second-order valence-corrected chi connectivity index (χ2v) is 0. The third-order valence-corrected chi connectivity index (χ3v) is 0. The third-order valence-electron chi connectivity index (χ3n) is 0. The summed E-state index contributed by atoms with van der Waals surface area (Å²) in [5.41, 5.74) is 0. The molecule has 0 rings (SSSR count). The monoisotopic (exact) mass is 200 g/mol. The van der Waals surface area contributed by atoms with Crippen molar-refractivity contribution in [1.29, 1.82) is 0 Å². The number of rotatable bonds is 0. The first-order valence-electron chi connectivity index (χ1n) is 0. The van der Waals surface area contributed by atoms with E-state index in [0.29, 0.717) is 0 Å². The molecule has 0 aliphatic heterocycles. The first-order valence-corrected chi connectivity index (χ1v) is 0. The van der Waals surface area contributed by atoms with Gasteiger partial charge in [-0.3, -0.25) is 0 Å². The van der Waals surface area contributed by atoms with Crippen molar-refractivity contribution in [1.82, 2.24) is 0 Å². The fraction of sp³-hybridized carbons (Fsp3) is 0. The molecule has 53 valence electrons. The molecule has 0 aliphatic rings. The molecule has 0 heterocycles. The minimum Gasteiger partial charge on any atom is -0.870 e. The zero-order valence-corrected chi connectivity index (χ0v) is 5.30. The van der Waals surface area contributed by atoms with Crippen molar-refractivity contribution in [3.8, 4) is 0 Å². The summed E-state index contributed by atoms with van der Waals surface area (Å²) in [6.07, 6.45) is 0. The smallest absolute Gasteiger partial charge is 0.870 e. The molecule has 0 bridgehead atoms. The molecule has 7 heteroatoms. The molecule has 0 saturated heterocycles. The molecule has 7 heavy (non-hydrogen) atoms. The molecule has 0 spiro atoms. The average molecular weight is 199 g/mol. The fourth-order valence-corrected chi connectivity index (χ4v) is 0. The van der Waals surface area contributed by atoms with Gasteiger partial charge in [0.2, 0.25) is 0 Å². The van der Waals surface area contributed by atoms with Crippen LogP contribution in [0.15, 0.2) is 0 Å². The zero-order chi connectivity index (χ0) is 0. The van der Waals surface area contributed by atoms with Gasteiger partial charge in [-0.05, 0) is 0 Å². The Morgan fingerprint density at radius 1 is 0.429 bits per heavy atom.